The molecule has 3 heteroatoms. The fourth-order valence-corrected chi connectivity index (χ4v) is 2.14. The summed E-state index contributed by atoms with van der Waals surface area (Å²) in [6.45, 7) is -0.378. The quantitative estimate of drug-likeness (QED) is 0.730. The molecule has 13 heavy (non-hydrogen) atoms. The molecule has 1 aromatic rings. The molecule has 0 aliphatic rings. The Kier molecular flexibility index (Phi) is 4.96. The maximum Gasteiger partial charge on any atom is 0.115 e. The summed E-state index contributed by atoms with van der Waals surface area (Å²) in [4.78, 5) is 0. The molecule has 1 aromatic carbocycles. The minimum atomic E-state index is -0.378. The summed E-state index contributed by atoms with van der Waals surface area (Å²) in [6, 6.07) is 5.67. The highest BCUT2D eigenvalue weighted by molar-refractivity contribution is 9.10. The van der Waals surface area contributed by atoms with E-state index in [9.17, 15) is 4.39 Å². The highest BCUT2D eigenvalue weighted by Gasteiger charge is 2.05. The minimum absolute atomic E-state index is 0.378. The third kappa shape index (κ3) is 3.06. The molecule has 1 rings (SSSR count). The Labute approximate surface area is 94.8 Å². The van der Waals surface area contributed by atoms with Crippen LogP contribution in [0.15, 0.2) is 22.7 Å². The molecule has 0 amide bonds. The summed E-state index contributed by atoms with van der Waals surface area (Å²) in [6.07, 6.45) is 1.96. The van der Waals surface area contributed by atoms with Gasteiger partial charge >= 0.3 is 0 Å². The van der Waals surface area contributed by atoms with Crippen molar-refractivity contribution in [3.05, 3.63) is 33.8 Å². The number of halogens is 3. The molecular formula is C10H11Br2F. The number of hydrogen-bond acceptors (Lipinski definition) is 0. The van der Waals surface area contributed by atoms with Crippen LogP contribution in [0.4, 0.5) is 4.39 Å². The summed E-state index contributed by atoms with van der Waals surface area (Å²) in [5.74, 6) is 0. The molecule has 0 saturated heterocycles. The van der Waals surface area contributed by atoms with Crippen LogP contribution in [-0.4, -0.2) is 5.33 Å². The highest BCUT2D eigenvalue weighted by Crippen LogP contribution is 2.23. The van der Waals surface area contributed by atoms with Crippen LogP contribution in [0.5, 0.6) is 0 Å². The van der Waals surface area contributed by atoms with E-state index in [2.05, 4.69) is 31.9 Å². The maximum atomic E-state index is 12.6. The van der Waals surface area contributed by atoms with Crippen molar-refractivity contribution in [1.82, 2.24) is 0 Å². The first-order valence-electron chi connectivity index (χ1n) is 4.17. The first kappa shape index (κ1) is 11.2. The van der Waals surface area contributed by atoms with Gasteiger partial charge in [0.15, 0.2) is 0 Å². The lowest BCUT2D eigenvalue weighted by molar-refractivity contribution is 0.482. The summed E-state index contributed by atoms with van der Waals surface area (Å²) >= 11 is 6.80. The molecule has 0 nitrogen and oxygen atoms in total. The Morgan fingerprint density at radius 2 is 2.08 bits per heavy atom. The van der Waals surface area contributed by atoms with Gasteiger partial charge < -0.3 is 0 Å². The van der Waals surface area contributed by atoms with Crippen LogP contribution in [0.1, 0.15) is 17.5 Å². The van der Waals surface area contributed by atoms with Crippen molar-refractivity contribution >= 4 is 31.9 Å². The van der Waals surface area contributed by atoms with E-state index in [-0.39, 0.29) is 6.67 Å². The summed E-state index contributed by atoms with van der Waals surface area (Å²) in [7, 11) is 0. The number of hydrogen-bond donors (Lipinski definition) is 0. The van der Waals surface area contributed by atoms with E-state index in [1.54, 1.807) is 0 Å². The first-order chi connectivity index (χ1) is 6.29. The van der Waals surface area contributed by atoms with Crippen molar-refractivity contribution in [2.24, 2.45) is 0 Å². The average molecular weight is 310 g/mol. The van der Waals surface area contributed by atoms with Gasteiger partial charge in [0.05, 0.1) is 0 Å². The van der Waals surface area contributed by atoms with Crippen molar-refractivity contribution in [2.75, 3.05) is 5.33 Å². The van der Waals surface area contributed by atoms with E-state index in [4.69, 9.17) is 0 Å². The molecule has 0 aliphatic carbocycles. The van der Waals surface area contributed by atoms with Crippen molar-refractivity contribution in [3.63, 3.8) is 0 Å². The maximum absolute atomic E-state index is 12.6. The molecular weight excluding hydrogens is 299 g/mol. The van der Waals surface area contributed by atoms with Gasteiger partial charge in [0, 0.05) is 9.80 Å². The molecule has 0 aliphatic heterocycles. The van der Waals surface area contributed by atoms with Crippen LogP contribution >= 0.6 is 31.9 Å². The topological polar surface area (TPSA) is 0 Å². The number of benzene rings is 1. The molecule has 0 N–H and O–H groups in total. The zero-order valence-electron chi connectivity index (χ0n) is 7.19. The minimum Gasteiger partial charge on any atom is -0.246 e. The molecule has 0 fully saturated rings. The summed E-state index contributed by atoms with van der Waals surface area (Å²) < 4.78 is 13.6. The monoisotopic (exact) mass is 308 g/mol. The first-order valence-corrected chi connectivity index (χ1v) is 6.09. The Hall–Kier alpha value is 0.110. The van der Waals surface area contributed by atoms with Gasteiger partial charge in [-0.25, -0.2) is 4.39 Å². The molecule has 0 spiro atoms. The fourth-order valence-electron chi connectivity index (χ4n) is 1.25. The lowest BCUT2D eigenvalue weighted by atomic mass is 10.0. The second-order valence-corrected chi connectivity index (χ2v) is 4.45. The largest absolute Gasteiger partial charge is 0.246 e. The normalized spacial score (nSPS) is 10.4. The van der Waals surface area contributed by atoms with Crippen LogP contribution in [0.3, 0.4) is 0 Å². The second kappa shape index (κ2) is 5.76. The van der Waals surface area contributed by atoms with E-state index in [1.807, 2.05) is 18.2 Å². The SMILES string of the molecule is FCc1cccc(Br)c1CCCBr. The van der Waals surface area contributed by atoms with Gasteiger partial charge in [-0.3, -0.25) is 0 Å². The molecule has 0 aromatic heterocycles. The van der Waals surface area contributed by atoms with Gasteiger partial charge in [-0.05, 0) is 30.0 Å². The lowest BCUT2D eigenvalue weighted by Crippen LogP contribution is -1.94. The lowest BCUT2D eigenvalue weighted by Gasteiger charge is -2.07. The predicted molar refractivity (Wildman–Crippen MR) is 61.1 cm³/mol. The van der Waals surface area contributed by atoms with Gasteiger partial charge in [-0.2, -0.15) is 0 Å². The van der Waals surface area contributed by atoms with E-state index in [0.29, 0.717) is 0 Å². The standard InChI is InChI=1S/C10H11Br2F/c11-6-2-4-9-8(7-13)3-1-5-10(9)12/h1,3,5H,2,4,6-7H2. The fraction of sp³-hybridized carbons (Fsp3) is 0.400. The highest BCUT2D eigenvalue weighted by atomic mass is 79.9. The van der Waals surface area contributed by atoms with E-state index in [1.165, 1.54) is 0 Å². The predicted octanol–water partition coefficient (Wildman–Crippen LogP) is 4.25. The smallest absolute Gasteiger partial charge is 0.115 e. The van der Waals surface area contributed by atoms with Gasteiger partial charge in [-0.15, -0.1) is 0 Å². The van der Waals surface area contributed by atoms with Gasteiger partial charge in [0.1, 0.15) is 6.67 Å². The van der Waals surface area contributed by atoms with Crippen LogP contribution in [0.2, 0.25) is 0 Å². The van der Waals surface area contributed by atoms with Crippen molar-refractivity contribution in [1.29, 1.82) is 0 Å². The molecule has 0 bridgehead atoms. The van der Waals surface area contributed by atoms with E-state index < -0.39 is 0 Å². The molecule has 0 heterocycles. The van der Waals surface area contributed by atoms with E-state index >= 15 is 0 Å². The average Bonchev–Trinajstić information content (AvgIpc) is 2.15. The molecule has 0 unspecified atom stereocenters. The Morgan fingerprint density at radius 3 is 2.69 bits per heavy atom. The Morgan fingerprint density at radius 1 is 1.31 bits per heavy atom. The summed E-state index contributed by atoms with van der Waals surface area (Å²) in [5, 5.41) is 0.958. The van der Waals surface area contributed by atoms with Crippen LogP contribution < -0.4 is 0 Å². The zero-order chi connectivity index (χ0) is 9.68. The van der Waals surface area contributed by atoms with Crippen molar-refractivity contribution in [2.45, 2.75) is 19.5 Å². The number of alkyl halides is 2. The Bertz CT molecular complexity index is 274. The third-order valence-electron chi connectivity index (χ3n) is 1.92. The van der Waals surface area contributed by atoms with Gasteiger partial charge in [-0.1, -0.05) is 44.0 Å². The van der Waals surface area contributed by atoms with Gasteiger partial charge in [0.2, 0.25) is 0 Å². The Balaban J connectivity index is 2.87. The summed E-state index contributed by atoms with van der Waals surface area (Å²) in [5.41, 5.74) is 1.90. The van der Waals surface area contributed by atoms with E-state index in [0.717, 1.165) is 33.8 Å². The van der Waals surface area contributed by atoms with Crippen molar-refractivity contribution in [3.8, 4) is 0 Å². The molecule has 72 valence electrons. The van der Waals surface area contributed by atoms with Crippen LogP contribution in [-0.2, 0) is 13.1 Å². The zero-order valence-corrected chi connectivity index (χ0v) is 10.4. The second-order valence-electron chi connectivity index (χ2n) is 2.80. The molecule has 0 saturated carbocycles. The van der Waals surface area contributed by atoms with Crippen LogP contribution in [0.25, 0.3) is 0 Å². The molecule has 0 radical (unpaired) electrons. The molecule has 0 atom stereocenters. The van der Waals surface area contributed by atoms with Crippen LogP contribution in [0, 0.1) is 0 Å². The third-order valence-corrected chi connectivity index (χ3v) is 3.22. The van der Waals surface area contributed by atoms with Gasteiger partial charge in [0.25, 0.3) is 0 Å². The van der Waals surface area contributed by atoms with Crippen molar-refractivity contribution < 1.29 is 4.39 Å². The number of rotatable bonds is 4.